The molecular weight excluding hydrogens is 819 g/mol. The molecule has 2 atom stereocenters. The number of aliphatic hydroxyl groups excluding tert-OH is 1. The van der Waals surface area contributed by atoms with Crippen molar-refractivity contribution in [2.45, 2.75) is 38.5 Å². The van der Waals surface area contributed by atoms with E-state index in [1.807, 2.05) is 12.1 Å². The maximum absolute atomic E-state index is 13.2. The predicted molar refractivity (Wildman–Crippen MR) is 232 cm³/mol. The van der Waals surface area contributed by atoms with E-state index < -0.39 is 59.5 Å². The molecule has 13 N–H and O–H groups in total. The number of nitrogens with one attached hydrogen (secondary N) is 5. The van der Waals surface area contributed by atoms with Crippen molar-refractivity contribution >= 4 is 64.7 Å². The topological polar surface area (TPSA) is 322 Å². The molecule has 0 saturated heterocycles. The number of ether oxygens (including phenoxy) is 1. The fraction of sp³-hybridized carbons (Fsp3) is 0.159. The van der Waals surface area contributed by atoms with Gasteiger partial charge in [0.15, 0.2) is 17.6 Å². The van der Waals surface area contributed by atoms with Gasteiger partial charge in [-0.15, -0.1) is 0 Å². The summed E-state index contributed by atoms with van der Waals surface area (Å²) >= 11 is 0. The second-order valence-electron chi connectivity index (χ2n) is 13.7. The lowest BCUT2D eigenvalue weighted by Crippen LogP contribution is -2.55. The summed E-state index contributed by atoms with van der Waals surface area (Å²) in [5, 5.41) is 51.6. The van der Waals surface area contributed by atoms with Gasteiger partial charge in [0.25, 0.3) is 17.7 Å². The number of carbonyl (C=O) groups is 7. The van der Waals surface area contributed by atoms with Crippen molar-refractivity contribution in [3.05, 3.63) is 137 Å². The minimum Gasteiger partial charge on any atom is -0.508 e. The molecule has 0 heterocycles. The highest BCUT2D eigenvalue weighted by Gasteiger charge is 2.33. The van der Waals surface area contributed by atoms with E-state index in [9.17, 15) is 43.8 Å². The number of hydrogen-bond acceptors (Lipinski definition) is 12. The number of carbonyl (C=O) groups excluding carboxylic acids is 6. The van der Waals surface area contributed by atoms with E-state index in [-0.39, 0.29) is 45.1 Å². The van der Waals surface area contributed by atoms with E-state index in [2.05, 4.69) is 26.6 Å². The van der Waals surface area contributed by atoms with Crippen molar-refractivity contribution in [3.8, 4) is 17.2 Å². The molecule has 5 aromatic carbocycles. The Hall–Kier alpha value is -8.29. The largest absolute Gasteiger partial charge is 0.508 e. The van der Waals surface area contributed by atoms with Gasteiger partial charge in [0.2, 0.25) is 18.2 Å². The highest BCUT2D eigenvalue weighted by molar-refractivity contribution is 6.10. The first-order valence-corrected chi connectivity index (χ1v) is 19.0. The van der Waals surface area contributed by atoms with Gasteiger partial charge in [-0.25, -0.2) is 4.79 Å². The summed E-state index contributed by atoms with van der Waals surface area (Å²) in [6.45, 7) is 3.99. The molecule has 5 aromatic rings. The van der Waals surface area contributed by atoms with E-state index in [1.54, 1.807) is 26.0 Å². The lowest BCUT2D eigenvalue weighted by atomic mass is 10.1. The first-order chi connectivity index (χ1) is 30.0. The zero-order chi connectivity index (χ0) is 46.2. The molecule has 0 aromatic heterocycles. The third-order valence-corrected chi connectivity index (χ3v) is 8.70. The maximum atomic E-state index is 13.2. The number of aromatic hydroxyl groups is 2. The summed E-state index contributed by atoms with van der Waals surface area (Å²) in [6, 6.07) is 24.1. The number of nitrogens with two attached hydrogens (primary N) is 2. The van der Waals surface area contributed by atoms with Crippen LogP contribution in [0.4, 0.5) is 22.7 Å². The number of anilines is 4. The Morgan fingerprint density at radius 2 is 1.22 bits per heavy atom. The number of primary amides is 1. The highest BCUT2D eigenvalue weighted by atomic mass is 16.5. The molecule has 6 amide bonds. The summed E-state index contributed by atoms with van der Waals surface area (Å²) in [4.78, 5) is 85.5. The minimum atomic E-state index is -2.11. The molecule has 0 aliphatic carbocycles. The number of benzene rings is 5. The molecule has 0 bridgehead atoms. The first kappa shape index (κ1) is 47.4. The van der Waals surface area contributed by atoms with Crippen LogP contribution in [0.5, 0.6) is 17.2 Å². The molecule has 0 saturated carbocycles. The number of phenolic OH excluding ortho intramolecular Hbond substituents is 2. The lowest BCUT2D eigenvalue weighted by molar-refractivity contribution is -0.132. The number of amides is 6. The smallest absolute Gasteiger partial charge is 0.335 e. The standard InChI is InChI=1S/C36H34N6O11.C8H11NO/c1-18(2)53-30-26(16-15-25(28(30)44)34(49)39-23-13-7-21(8-14-23)36(51)52)41-32(47)19-5-11-24(12-6-19)40-35(50)27(29(45)31(37)46)42-33(48)20-3-9-22(10-4-20)38-17-43;9-6-5-7-1-3-8(10)4-2-7/h3-18,27,29,44-45H,1-2H3,(H2,37,46)(H,38,43)(H,39,49)(H,40,50)(H,41,47)(H,42,48)(H,51,52);1-4,10H,5-6,9H2/t27-,29?;/m0./s1. The Morgan fingerprint density at radius 1 is 0.683 bits per heavy atom. The van der Waals surface area contributed by atoms with Crippen molar-refractivity contribution in [2.24, 2.45) is 11.5 Å². The van der Waals surface area contributed by atoms with Crippen LogP contribution in [-0.4, -0.2) is 87.1 Å². The third-order valence-electron chi connectivity index (χ3n) is 8.70. The fourth-order valence-corrected chi connectivity index (χ4v) is 5.51. The number of aromatic carboxylic acids is 1. The van der Waals surface area contributed by atoms with Crippen LogP contribution in [0.2, 0.25) is 0 Å². The van der Waals surface area contributed by atoms with Crippen molar-refractivity contribution in [1.29, 1.82) is 0 Å². The van der Waals surface area contributed by atoms with E-state index in [0.29, 0.717) is 24.4 Å². The van der Waals surface area contributed by atoms with Gasteiger partial charge in [-0.05, 0) is 129 Å². The molecule has 1 unspecified atom stereocenters. The SMILES string of the molecule is CC(C)Oc1c(NC(=O)c2ccc(NC(=O)[C@@H](NC(=O)c3ccc(NC=O)cc3)C(O)C(N)=O)cc2)ccc(C(=O)Nc2ccc(C(=O)O)cc2)c1O.NCCc1ccc(O)cc1. The Balaban J connectivity index is 0.000000764. The fourth-order valence-electron chi connectivity index (χ4n) is 5.51. The Bertz CT molecular complexity index is 2430. The highest BCUT2D eigenvalue weighted by Crippen LogP contribution is 2.39. The number of hydrogen-bond donors (Lipinski definition) is 11. The number of carboxylic acids is 1. The van der Waals surface area contributed by atoms with E-state index in [4.69, 9.17) is 26.4 Å². The molecule has 328 valence electrons. The summed E-state index contributed by atoms with van der Waals surface area (Å²) in [5.74, 6) is -6.12. The van der Waals surface area contributed by atoms with Gasteiger partial charge in [-0.2, -0.15) is 0 Å². The quantitative estimate of drug-likeness (QED) is 0.0598. The zero-order valence-electron chi connectivity index (χ0n) is 33.8. The van der Waals surface area contributed by atoms with Gasteiger partial charge in [0, 0.05) is 28.2 Å². The lowest BCUT2D eigenvalue weighted by Gasteiger charge is -2.21. The number of carboxylic acid groups (broad SMARTS) is 1. The Labute approximate surface area is 360 Å². The summed E-state index contributed by atoms with van der Waals surface area (Å²) in [7, 11) is 0. The normalized spacial score (nSPS) is 11.4. The molecule has 19 nitrogen and oxygen atoms in total. The Morgan fingerprint density at radius 3 is 1.75 bits per heavy atom. The van der Waals surface area contributed by atoms with Crippen LogP contribution in [0.3, 0.4) is 0 Å². The first-order valence-electron chi connectivity index (χ1n) is 19.0. The third kappa shape index (κ3) is 13.6. The van der Waals surface area contributed by atoms with Gasteiger partial charge in [-0.3, -0.25) is 28.8 Å². The van der Waals surface area contributed by atoms with Crippen molar-refractivity contribution in [3.63, 3.8) is 0 Å². The van der Waals surface area contributed by atoms with Gasteiger partial charge in [0.1, 0.15) is 11.8 Å². The number of aliphatic hydroxyl groups is 1. The van der Waals surface area contributed by atoms with E-state index in [0.717, 1.165) is 6.42 Å². The number of rotatable bonds is 17. The summed E-state index contributed by atoms with van der Waals surface area (Å²) in [6.07, 6.45) is -1.28. The molecule has 0 spiro atoms. The number of phenols is 2. The second kappa shape index (κ2) is 22.4. The van der Waals surface area contributed by atoms with E-state index in [1.165, 1.54) is 90.5 Å². The predicted octanol–water partition coefficient (Wildman–Crippen LogP) is 3.43. The maximum Gasteiger partial charge on any atom is 0.335 e. The van der Waals surface area contributed by atoms with Crippen LogP contribution < -0.4 is 42.8 Å². The van der Waals surface area contributed by atoms with Crippen LogP contribution in [0.15, 0.2) is 109 Å². The molecule has 5 rings (SSSR count). The molecule has 0 aliphatic heterocycles. The van der Waals surface area contributed by atoms with Gasteiger partial charge >= 0.3 is 5.97 Å². The average Bonchev–Trinajstić information content (AvgIpc) is 3.25. The van der Waals surface area contributed by atoms with Crippen LogP contribution in [-0.2, 0) is 20.8 Å². The van der Waals surface area contributed by atoms with Crippen molar-refractivity contribution in [1.82, 2.24) is 5.32 Å². The molecule has 0 radical (unpaired) electrons. The molecule has 19 heteroatoms. The molecule has 0 aliphatic rings. The second-order valence-corrected chi connectivity index (χ2v) is 13.7. The molecular formula is C44H45N7O12. The van der Waals surface area contributed by atoms with Crippen LogP contribution in [0.25, 0.3) is 0 Å². The van der Waals surface area contributed by atoms with Crippen LogP contribution >= 0.6 is 0 Å². The van der Waals surface area contributed by atoms with Crippen molar-refractivity contribution < 1.29 is 58.7 Å². The summed E-state index contributed by atoms with van der Waals surface area (Å²) < 4.78 is 5.73. The van der Waals surface area contributed by atoms with Gasteiger partial charge < -0.3 is 63.2 Å². The minimum absolute atomic E-state index is 0.0163. The van der Waals surface area contributed by atoms with Crippen LogP contribution in [0.1, 0.15) is 60.8 Å². The van der Waals surface area contributed by atoms with Gasteiger partial charge in [0.05, 0.1) is 22.9 Å². The van der Waals surface area contributed by atoms with Crippen LogP contribution in [0, 0.1) is 0 Å². The average molecular weight is 864 g/mol. The summed E-state index contributed by atoms with van der Waals surface area (Å²) in [5.41, 5.74) is 12.4. The molecule has 63 heavy (non-hydrogen) atoms. The molecule has 0 fully saturated rings. The van der Waals surface area contributed by atoms with E-state index >= 15 is 0 Å². The van der Waals surface area contributed by atoms with Crippen molar-refractivity contribution in [2.75, 3.05) is 27.8 Å². The zero-order valence-corrected chi connectivity index (χ0v) is 33.8. The van der Waals surface area contributed by atoms with Gasteiger partial charge in [-0.1, -0.05) is 12.1 Å². The monoisotopic (exact) mass is 863 g/mol. The Kier molecular flexibility index (Phi) is 16.8.